The monoisotopic (exact) mass is 289 g/mol. The number of hydrogen-bond donors (Lipinski definition) is 2. The smallest absolute Gasteiger partial charge is 0.251 e. The van der Waals surface area contributed by atoms with Crippen LogP contribution >= 0.6 is 0 Å². The molecule has 5 nitrogen and oxygen atoms in total. The molecule has 1 saturated heterocycles. The van der Waals surface area contributed by atoms with Crippen LogP contribution in [0.1, 0.15) is 21.5 Å². The molecule has 1 aromatic rings. The molecule has 0 spiro atoms. The summed E-state index contributed by atoms with van der Waals surface area (Å²) in [7, 11) is 2.08. The Kier molecular flexibility index (Phi) is 4.53. The lowest BCUT2D eigenvalue weighted by molar-refractivity contribution is -0.0175. The van der Waals surface area contributed by atoms with Crippen molar-refractivity contribution in [1.29, 1.82) is 0 Å². The molecule has 5 heteroatoms. The van der Waals surface area contributed by atoms with Gasteiger partial charge in [-0.15, -0.1) is 0 Å². The van der Waals surface area contributed by atoms with Gasteiger partial charge in [-0.1, -0.05) is 12.1 Å². The number of rotatable bonds is 3. The van der Waals surface area contributed by atoms with Gasteiger partial charge in [-0.05, 0) is 37.2 Å². The van der Waals surface area contributed by atoms with Crippen molar-refractivity contribution in [1.82, 2.24) is 15.5 Å². The van der Waals surface area contributed by atoms with Crippen molar-refractivity contribution in [3.63, 3.8) is 0 Å². The topological polar surface area (TPSA) is 53.6 Å². The first-order chi connectivity index (χ1) is 10.2. The van der Waals surface area contributed by atoms with Crippen LogP contribution in [0.5, 0.6) is 0 Å². The van der Waals surface area contributed by atoms with Gasteiger partial charge in [-0.2, -0.15) is 0 Å². The molecule has 2 N–H and O–H groups in total. The predicted octanol–water partition coefficient (Wildman–Crippen LogP) is 0.393. The highest BCUT2D eigenvalue weighted by Gasteiger charge is 2.20. The third kappa shape index (κ3) is 3.43. The number of carbonyl (C=O) groups is 1. The van der Waals surface area contributed by atoms with Crippen LogP contribution in [0.4, 0.5) is 0 Å². The second-order valence-corrected chi connectivity index (χ2v) is 5.84. The van der Waals surface area contributed by atoms with Gasteiger partial charge in [-0.3, -0.25) is 4.79 Å². The Balaban J connectivity index is 1.63. The van der Waals surface area contributed by atoms with Crippen molar-refractivity contribution in [3.8, 4) is 0 Å². The quantitative estimate of drug-likeness (QED) is 0.845. The van der Waals surface area contributed by atoms with Crippen molar-refractivity contribution in [2.24, 2.45) is 0 Å². The number of morpholine rings is 1. The molecule has 1 unspecified atom stereocenters. The van der Waals surface area contributed by atoms with Crippen molar-refractivity contribution < 1.29 is 9.53 Å². The molecule has 3 rings (SSSR count). The molecule has 2 aliphatic rings. The fraction of sp³-hybridized carbons (Fsp3) is 0.562. The summed E-state index contributed by atoms with van der Waals surface area (Å²) in [5.41, 5.74) is 3.25. The summed E-state index contributed by atoms with van der Waals surface area (Å²) in [5, 5.41) is 6.37. The average molecular weight is 289 g/mol. The highest BCUT2D eigenvalue weighted by molar-refractivity contribution is 5.96. The second kappa shape index (κ2) is 6.56. The molecule has 0 radical (unpaired) electrons. The number of likely N-dealkylation sites (N-methyl/N-ethyl adjacent to an activating group) is 1. The summed E-state index contributed by atoms with van der Waals surface area (Å²) in [6.45, 7) is 4.94. The molecule has 2 heterocycles. The van der Waals surface area contributed by atoms with E-state index < -0.39 is 0 Å². The minimum absolute atomic E-state index is 0.0191. The molecule has 0 aliphatic carbocycles. The van der Waals surface area contributed by atoms with E-state index in [1.165, 1.54) is 11.1 Å². The van der Waals surface area contributed by atoms with E-state index in [2.05, 4.69) is 28.6 Å². The maximum Gasteiger partial charge on any atom is 0.251 e. The lowest BCUT2D eigenvalue weighted by atomic mass is 9.95. The van der Waals surface area contributed by atoms with Crippen molar-refractivity contribution in [2.75, 3.05) is 39.8 Å². The molecular formula is C16H23N3O2. The Morgan fingerprint density at radius 3 is 3.29 bits per heavy atom. The first kappa shape index (κ1) is 14.5. The number of nitrogens with one attached hydrogen (secondary N) is 2. The number of hydrogen-bond acceptors (Lipinski definition) is 4. The van der Waals surface area contributed by atoms with Crippen LogP contribution in [0, 0.1) is 0 Å². The molecule has 2 aliphatic heterocycles. The SMILES string of the molecule is CN1CCOC(CNC(=O)c2cccc3c2CCNC3)C1. The summed E-state index contributed by atoms with van der Waals surface area (Å²) >= 11 is 0. The maximum absolute atomic E-state index is 12.4. The second-order valence-electron chi connectivity index (χ2n) is 5.84. The van der Waals surface area contributed by atoms with Crippen LogP contribution in [0.25, 0.3) is 0 Å². The minimum Gasteiger partial charge on any atom is -0.374 e. The number of amides is 1. The lowest BCUT2D eigenvalue weighted by Gasteiger charge is -2.30. The zero-order valence-corrected chi connectivity index (χ0v) is 12.5. The van der Waals surface area contributed by atoms with E-state index in [1.807, 2.05) is 12.1 Å². The van der Waals surface area contributed by atoms with Gasteiger partial charge in [0, 0.05) is 31.7 Å². The molecule has 0 bridgehead atoms. The Morgan fingerprint density at radius 1 is 1.52 bits per heavy atom. The Hall–Kier alpha value is -1.43. The van der Waals surface area contributed by atoms with E-state index in [0.29, 0.717) is 6.54 Å². The van der Waals surface area contributed by atoms with Crippen LogP contribution in [0.2, 0.25) is 0 Å². The van der Waals surface area contributed by atoms with Crippen LogP contribution in [0.3, 0.4) is 0 Å². The summed E-state index contributed by atoms with van der Waals surface area (Å²) < 4.78 is 5.68. The molecule has 1 atom stereocenters. The van der Waals surface area contributed by atoms with Gasteiger partial charge in [0.05, 0.1) is 12.7 Å². The lowest BCUT2D eigenvalue weighted by Crippen LogP contribution is -2.46. The minimum atomic E-state index is 0.0191. The van der Waals surface area contributed by atoms with Gasteiger partial charge >= 0.3 is 0 Å². The number of ether oxygens (including phenoxy) is 1. The first-order valence-corrected chi connectivity index (χ1v) is 7.64. The summed E-state index contributed by atoms with van der Waals surface area (Å²) in [5.74, 6) is 0.0191. The summed E-state index contributed by atoms with van der Waals surface area (Å²) in [6, 6.07) is 5.98. The van der Waals surface area contributed by atoms with Crippen LogP contribution in [-0.4, -0.2) is 56.7 Å². The number of benzene rings is 1. The van der Waals surface area contributed by atoms with Gasteiger partial charge in [0.2, 0.25) is 0 Å². The number of carbonyl (C=O) groups excluding carboxylic acids is 1. The molecule has 114 valence electrons. The molecule has 1 aromatic carbocycles. The first-order valence-electron chi connectivity index (χ1n) is 7.64. The van der Waals surface area contributed by atoms with Crippen LogP contribution in [0.15, 0.2) is 18.2 Å². The number of fused-ring (bicyclic) bond motifs is 1. The van der Waals surface area contributed by atoms with Crippen LogP contribution in [-0.2, 0) is 17.7 Å². The highest BCUT2D eigenvalue weighted by Crippen LogP contribution is 2.18. The molecule has 21 heavy (non-hydrogen) atoms. The zero-order chi connectivity index (χ0) is 14.7. The number of nitrogens with zero attached hydrogens (tertiary/aromatic N) is 1. The van der Waals surface area contributed by atoms with Crippen molar-refractivity contribution in [3.05, 3.63) is 34.9 Å². The standard InChI is InChI=1S/C16H23N3O2/c1-19-7-8-21-13(11-19)10-18-16(20)15-4-2-3-12-9-17-6-5-14(12)15/h2-4,13,17H,5-11H2,1H3,(H,18,20). The average Bonchev–Trinajstić information content (AvgIpc) is 2.52. The zero-order valence-electron chi connectivity index (χ0n) is 12.5. The van der Waals surface area contributed by atoms with E-state index in [4.69, 9.17) is 4.74 Å². The third-order valence-electron chi connectivity index (χ3n) is 4.22. The highest BCUT2D eigenvalue weighted by atomic mass is 16.5. The largest absolute Gasteiger partial charge is 0.374 e. The fourth-order valence-electron chi connectivity index (χ4n) is 3.04. The third-order valence-corrected chi connectivity index (χ3v) is 4.22. The van der Waals surface area contributed by atoms with Crippen molar-refractivity contribution in [2.45, 2.75) is 19.1 Å². The predicted molar refractivity (Wildman–Crippen MR) is 81.4 cm³/mol. The molecule has 0 saturated carbocycles. The van der Waals surface area contributed by atoms with E-state index >= 15 is 0 Å². The molecule has 1 amide bonds. The molecule has 0 aromatic heterocycles. The summed E-state index contributed by atoms with van der Waals surface area (Å²) in [4.78, 5) is 14.7. The summed E-state index contributed by atoms with van der Waals surface area (Å²) in [6.07, 6.45) is 1.01. The van der Waals surface area contributed by atoms with Gasteiger partial charge in [0.1, 0.15) is 0 Å². The molecular weight excluding hydrogens is 266 g/mol. The van der Waals surface area contributed by atoms with Gasteiger partial charge < -0.3 is 20.3 Å². The fourth-order valence-corrected chi connectivity index (χ4v) is 3.04. The van der Waals surface area contributed by atoms with Gasteiger partial charge in [0.25, 0.3) is 5.91 Å². The molecule has 1 fully saturated rings. The Bertz CT molecular complexity index is 518. The Morgan fingerprint density at radius 2 is 2.43 bits per heavy atom. The van der Waals surface area contributed by atoms with Crippen molar-refractivity contribution >= 4 is 5.91 Å². The van der Waals surface area contributed by atoms with Gasteiger partial charge in [-0.25, -0.2) is 0 Å². The maximum atomic E-state index is 12.4. The Labute approximate surface area is 125 Å². The van der Waals surface area contributed by atoms with Crippen LogP contribution < -0.4 is 10.6 Å². The normalized spacial score (nSPS) is 22.6. The van der Waals surface area contributed by atoms with E-state index in [9.17, 15) is 4.79 Å². The van der Waals surface area contributed by atoms with E-state index in [1.54, 1.807) is 0 Å². The van der Waals surface area contributed by atoms with E-state index in [0.717, 1.165) is 44.8 Å². The van der Waals surface area contributed by atoms with Gasteiger partial charge in [0.15, 0.2) is 0 Å². The van der Waals surface area contributed by atoms with E-state index in [-0.39, 0.29) is 12.0 Å².